The molecule has 0 bridgehead atoms. The Labute approximate surface area is 189 Å². The smallest absolute Gasteiger partial charge is 0.261 e. The third-order valence-electron chi connectivity index (χ3n) is 3.87. The number of sulfonamides is 1. The molecule has 0 saturated carbocycles. The zero-order valence-electron chi connectivity index (χ0n) is 15.3. The van der Waals surface area contributed by atoms with E-state index in [2.05, 4.69) is 10.0 Å². The van der Waals surface area contributed by atoms with Gasteiger partial charge in [-0.05, 0) is 60.2 Å². The molecule has 0 aliphatic carbocycles. The number of halogens is 3. The molecule has 154 valence electrons. The summed E-state index contributed by atoms with van der Waals surface area (Å²) in [6.07, 6.45) is 2.94. The fourth-order valence-corrected chi connectivity index (χ4v) is 4.27. The fourth-order valence-electron chi connectivity index (χ4n) is 2.50. The van der Waals surface area contributed by atoms with Gasteiger partial charge in [0.2, 0.25) is 5.91 Å². The number of rotatable bonds is 6. The molecular formula is C21H15Cl3N2O3S. The first-order chi connectivity index (χ1) is 14.2. The number of carbonyl (C=O) groups is 1. The van der Waals surface area contributed by atoms with E-state index in [4.69, 9.17) is 34.8 Å². The average molecular weight is 482 g/mol. The molecule has 30 heavy (non-hydrogen) atoms. The minimum absolute atomic E-state index is 0.0169. The summed E-state index contributed by atoms with van der Waals surface area (Å²) in [6, 6.07) is 17.2. The summed E-state index contributed by atoms with van der Waals surface area (Å²) in [6.45, 7) is 0. The molecule has 0 aliphatic heterocycles. The number of carbonyl (C=O) groups excluding carboxylic acids is 1. The molecule has 2 N–H and O–H groups in total. The van der Waals surface area contributed by atoms with Crippen LogP contribution in [0.1, 0.15) is 5.56 Å². The fraction of sp³-hybridized carbons (Fsp3) is 0. The van der Waals surface area contributed by atoms with E-state index >= 15 is 0 Å². The van der Waals surface area contributed by atoms with Gasteiger partial charge in [-0.1, -0.05) is 53.0 Å². The van der Waals surface area contributed by atoms with Crippen molar-refractivity contribution in [2.75, 3.05) is 10.0 Å². The predicted octanol–water partition coefficient (Wildman–Crippen LogP) is 6.10. The van der Waals surface area contributed by atoms with Crippen molar-refractivity contribution < 1.29 is 13.2 Å². The van der Waals surface area contributed by atoms with Crippen LogP contribution in [0.5, 0.6) is 0 Å². The van der Waals surface area contributed by atoms with Crippen LogP contribution in [0.3, 0.4) is 0 Å². The number of nitrogens with one attached hydrogen (secondary N) is 2. The van der Waals surface area contributed by atoms with E-state index < -0.39 is 10.0 Å². The van der Waals surface area contributed by atoms with E-state index in [1.807, 2.05) is 6.07 Å². The Morgan fingerprint density at radius 3 is 2.10 bits per heavy atom. The van der Waals surface area contributed by atoms with Gasteiger partial charge in [0.05, 0.1) is 10.6 Å². The minimum Gasteiger partial charge on any atom is -0.323 e. The molecule has 0 spiro atoms. The zero-order chi connectivity index (χ0) is 21.7. The van der Waals surface area contributed by atoms with Crippen molar-refractivity contribution in [1.82, 2.24) is 0 Å². The van der Waals surface area contributed by atoms with Gasteiger partial charge in [0, 0.05) is 26.8 Å². The highest BCUT2D eigenvalue weighted by molar-refractivity contribution is 7.92. The van der Waals surface area contributed by atoms with Crippen LogP contribution in [-0.2, 0) is 14.8 Å². The summed E-state index contributed by atoms with van der Waals surface area (Å²) in [7, 11) is -3.85. The highest BCUT2D eigenvalue weighted by Gasteiger charge is 2.15. The SMILES string of the molecule is O=C(/C=C/c1ccccc1Cl)Nc1ccc(S(=O)(=O)Nc2cc(Cl)cc(Cl)c2)cc1. The molecule has 3 rings (SSSR count). The number of amides is 1. The summed E-state index contributed by atoms with van der Waals surface area (Å²) in [5.41, 5.74) is 1.39. The third-order valence-corrected chi connectivity index (χ3v) is 6.04. The Bertz CT molecular complexity index is 1190. The topological polar surface area (TPSA) is 75.3 Å². The van der Waals surface area contributed by atoms with Gasteiger partial charge in [-0.15, -0.1) is 0 Å². The number of anilines is 2. The molecule has 1 amide bonds. The lowest BCUT2D eigenvalue weighted by Gasteiger charge is -2.10. The normalized spacial score (nSPS) is 11.4. The molecular weight excluding hydrogens is 467 g/mol. The molecule has 0 heterocycles. The van der Waals surface area contributed by atoms with Crippen LogP contribution in [-0.4, -0.2) is 14.3 Å². The molecule has 0 saturated heterocycles. The van der Waals surface area contributed by atoms with Crippen molar-refractivity contribution in [2.24, 2.45) is 0 Å². The van der Waals surface area contributed by atoms with Gasteiger partial charge < -0.3 is 5.32 Å². The Hall–Kier alpha value is -2.51. The molecule has 0 fully saturated rings. The van der Waals surface area contributed by atoms with Crippen LogP contribution in [0, 0.1) is 0 Å². The van der Waals surface area contributed by atoms with Crippen molar-refractivity contribution in [2.45, 2.75) is 4.90 Å². The first kappa shape index (κ1) is 22.2. The molecule has 0 unspecified atom stereocenters. The molecule has 5 nitrogen and oxygen atoms in total. The second-order valence-corrected chi connectivity index (χ2v) is 9.09. The Kier molecular flexibility index (Phi) is 7.05. The molecule has 0 aromatic heterocycles. The number of benzene rings is 3. The first-order valence-corrected chi connectivity index (χ1v) is 11.2. The summed E-state index contributed by atoms with van der Waals surface area (Å²) in [5.74, 6) is -0.378. The zero-order valence-corrected chi connectivity index (χ0v) is 18.4. The van der Waals surface area contributed by atoms with E-state index in [0.29, 0.717) is 26.3 Å². The Balaban J connectivity index is 1.68. The maximum absolute atomic E-state index is 12.5. The monoisotopic (exact) mass is 480 g/mol. The average Bonchev–Trinajstić information content (AvgIpc) is 2.66. The lowest BCUT2D eigenvalue weighted by Crippen LogP contribution is -2.13. The highest BCUT2D eigenvalue weighted by Crippen LogP contribution is 2.25. The highest BCUT2D eigenvalue weighted by atomic mass is 35.5. The molecule has 3 aromatic carbocycles. The summed E-state index contributed by atoms with van der Waals surface area (Å²) in [4.78, 5) is 12.1. The van der Waals surface area contributed by atoms with E-state index in [1.165, 1.54) is 48.5 Å². The third kappa shape index (κ3) is 6.00. The van der Waals surface area contributed by atoms with Gasteiger partial charge in [0.15, 0.2) is 0 Å². The second kappa shape index (κ2) is 9.53. The van der Waals surface area contributed by atoms with E-state index in [9.17, 15) is 13.2 Å². The van der Waals surface area contributed by atoms with Crippen LogP contribution >= 0.6 is 34.8 Å². The van der Waals surface area contributed by atoms with Crippen LogP contribution in [0.15, 0.2) is 77.7 Å². The van der Waals surface area contributed by atoms with Gasteiger partial charge >= 0.3 is 0 Å². The quantitative estimate of drug-likeness (QED) is 0.418. The molecule has 0 atom stereocenters. The largest absolute Gasteiger partial charge is 0.323 e. The number of hydrogen-bond acceptors (Lipinski definition) is 3. The first-order valence-electron chi connectivity index (χ1n) is 8.55. The van der Waals surface area contributed by atoms with Gasteiger partial charge in [0.25, 0.3) is 10.0 Å². The maximum atomic E-state index is 12.5. The molecule has 0 radical (unpaired) electrons. The van der Waals surface area contributed by atoms with Crippen molar-refractivity contribution in [3.05, 3.63) is 93.4 Å². The predicted molar refractivity (Wildman–Crippen MR) is 123 cm³/mol. The Morgan fingerprint density at radius 1 is 0.833 bits per heavy atom. The van der Waals surface area contributed by atoms with Crippen LogP contribution in [0.2, 0.25) is 15.1 Å². The van der Waals surface area contributed by atoms with Crippen molar-refractivity contribution >= 4 is 68.2 Å². The van der Waals surface area contributed by atoms with Gasteiger partial charge in [-0.2, -0.15) is 0 Å². The van der Waals surface area contributed by atoms with Crippen molar-refractivity contribution in [3.8, 4) is 0 Å². The summed E-state index contributed by atoms with van der Waals surface area (Å²) < 4.78 is 27.5. The van der Waals surface area contributed by atoms with E-state index in [-0.39, 0.29) is 16.5 Å². The standard InChI is InChI=1S/C21H15Cl3N2O3S/c22-15-11-16(23)13-18(12-15)26-30(28,29)19-8-6-17(7-9-19)25-21(27)10-5-14-3-1-2-4-20(14)24/h1-13,26H,(H,25,27)/b10-5+. The van der Waals surface area contributed by atoms with Crippen molar-refractivity contribution in [1.29, 1.82) is 0 Å². The summed E-state index contributed by atoms with van der Waals surface area (Å²) >= 11 is 17.8. The van der Waals surface area contributed by atoms with E-state index in [0.717, 1.165) is 0 Å². The lowest BCUT2D eigenvalue weighted by atomic mass is 10.2. The molecule has 3 aromatic rings. The second-order valence-electron chi connectivity index (χ2n) is 6.13. The van der Waals surface area contributed by atoms with Gasteiger partial charge in [-0.25, -0.2) is 8.42 Å². The maximum Gasteiger partial charge on any atom is 0.261 e. The van der Waals surface area contributed by atoms with Gasteiger partial charge in [0.1, 0.15) is 0 Å². The Morgan fingerprint density at radius 2 is 1.47 bits per heavy atom. The van der Waals surface area contributed by atoms with Crippen LogP contribution in [0.4, 0.5) is 11.4 Å². The van der Waals surface area contributed by atoms with Crippen LogP contribution in [0.25, 0.3) is 6.08 Å². The summed E-state index contributed by atoms with van der Waals surface area (Å²) in [5, 5.41) is 3.80. The number of hydrogen-bond donors (Lipinski definition) is 2. The molecule has 0 aliphatic rings. The van der Waals surface area contributed by atoms with Crippen LogP contribution < -0.4 is 10.0 Å². The molecule has 9 heteroatoms. The van der Waals surface area contributed by atoms with E-state index in [1.54, 1.807) is 24.3 Å². The minimum atomic E-state index is -3.85. The van der Waals surface area contributed by atoms with Crippen molar-refractivity contribution in [3.63, 3.8) is 0 Å². The lowest BCUT2D eigenvalue weighted by molar-refractivity contribution is -0.111. The van der Waals surface area contributed by atoms with Gasteiger partial charge in [-0.3, -0.25) is 9.52 Å².